The van der Waals surface area contributed by atoms with E-state index < -0.39 is 0 Å². The number of halogens is 1. The van der Waals surface area contributed by atoms with E-state index in [2.05, 4.69) is 6.92 Å². The van der Waals surface area contributed by atoms with E-state index in [4.69, 9.17) is 34.3 Å². The Balaban J connectivity index is 2.20. The average Bonchev–Trinajstić information content (AvgIpc) is 2.43. The van der Waals surface area contributed by atoms with Gasteiger partial charge in [-0.3, -0.25) is 0 Å². The van der Waals surface area contributed by atoms with Crippen LogP contribution in [-0.2, 0) is 11.3 Å². The van der Waals surface area contributed by atoms with E-state index >= 15 is 0 Å². The van der Waals surface area contributed by atoms with E-state index in [0.29, 0.717) is 16.6 Å². The first-order chi connectivity index (χ1) is 9.65. The van der Waals surface area contributed by atoms with E-state index in [-0.39, 0.29) is 0 Å². The lowest BCUT2D eigenvalue weighted by molar-refractivity contribution is 0.117. The van der Waals surface area contributed by atoms with E-state index in [0.717, 1.165) is 24.2 Å². The Labute approximate surface area is 132 Å². The minimum Gasteiger partial charge on any atom is -0.389 e. The van der Waals surface area contributed by atoms with Crippen molar-refractivity contribution in [1.82, 2.24) is 0 Å². The summed E-state index contributed by atoms with van der Waals surface area (Å²) in [4.78, 5) is 0.367. The van der Waals surface area contributed by atoms with Crippen LogP contribution in [-0.4, -0.2) is 11.6 Å². The summed E-state index contributed by atoms with van der Waals surface area (Å²) in [7, 11) is 0. The van der Waals surface area contributed by atoms with Crippen LogP contribution in [0.3, 0.4) is 0 Å². The van der Waals surface area contributed by atoms with Gasteiger partial charge in [0.25, 0.3) is 0 Å². The molecule has 0 unspecified atom stereocenters. The fraction of sp³-hybridized carbons (Fsp3) is 0.562. The standard InChI is InChI=1S/C16H24ClNOS/c1-2-3-4-5-6-7-10-19-12-14-9-8-13(16(18)20)11-15(14)17/h8-9,11H,2-7,10,12H2,1H3,(H2,18,20). The Kier molecular flexibility index (Phi) is 8.83. The van der Waals surface area contributed by atoms with Gasteiger partial charge in [0.15, 0.2) is 0 Å². The average molecular weight is 314 g/mol. The summed E-state index contributed by atoms with van der Waals surface area (Å²) >= 11 is 11.1. The number of ether oxygens (including phenoxy) is 1. The Morgan fingerprint density at radius 3 is 2.55 bits per heavy atom. The van der Waals surface area contributed by atoms with E-state index in [1.807, 2.05) is 12.1 Å². The predicted molar refractivity (Wildman–Crippen MR) is 90.4 cm³/mol. The number of unbranched alkanes of at least 4 members (excludes halogenated alkanes) is 5. The third-order valence-corrected chi connectivity index (χ3v) is 3.82. The quantitative estimate of drug-likeness (QED) is 0.495. The molecule has 1 rings (SSSR count). The minimum atomic E-state index is 0.367. The first-order valence-corrected chi connectivity index (χ1v) is 8.09. The Morgan fingerprint density at radius 2 is 1.90 bits per heavy atom. The highest BCUT2D eigenvalue weighted by molar-refractivity contribution is 7.80. The molecule has 2 N–H and O–H groups in total. The van der Waals surface area contributed by atoms with Gasteiger partial charge in [0.05, 0.1) is 6.61 Å². The first-order valence-electron chi connectivity index (χ1n) is 7.31. The number of rotatable bonds is 10. The molecule has 0 radical (unpaired) electrons. The number of hydrogen-bond acceptors (Lipinski definition) is 2. The van der Waals surface area contributed by atoms with Gasteiger partial charge in [0.1, 0.15) is 4.99 Å². The topological polar surface area (TPSA) is 35.2 Å². The summed E-state index contributed by atoms with van der Waals surface area (Å²) in [6.07, 6.45) is 7.63. The van der Waals surface area contributed by atoms with Crippen molar-refractivity contribution in [2.24, 2.45) is 5.73 Å². The van der Waals surface area contributed by atoms with Gasteiger partial charge in [-0.15, -0.1) is 0 Å². The second-order valence-electron chi connectivity index (χ2n) is 4.99. The molecule has 0 spiro atoms. The van der Waals surface area contributed by atoms with Crippen molar-refractivity contribution in [1.29, 1.82) is 0 Å². The predicted octanol–water partition coefficient (Wildman–Crippen LogP) is 4.85. The highest BCUT2D eigenvalue weighted by Gasteiger charge is 2.04. The van der Waals surface area contributed by atoms with Gasteiger partial charge in [-0.05, 0) is 18.1 Å². The molecule has 0 bridgehead atoms. The fourth-order valence-corrected chi connectivity index (χ4v) is 2.35. The third kappa shape index (κ3) is 6.69. The van der Waals surface area contributed by atoms with Crippen LogP contribution in [0.1, 0.15) is 56.6 Å². The second kappa shape index (κ2) is 10.1. The molecule has 0 aliphatic rings. The van der Waals surface area contributed by atoms with E-state index in [1.54, 1.807) is 6.07 Å². The van der Waals surface area contributed by atoms with Gasteiger partial charge in [-0.2, -0.15) is 0 Å². The largest absolute Gasteiger partial charge is 0.389 e. The zero-order valence-corrected chi connectivity index (χ0v) is 13.7. The van der Waals surface area contributed by atoms with E-state index in [1.165, 1.54) is 32.1 Å². The smallest absolute Gasteiger partial charge is 0.104 e. The van der Waals surface area contributed by atoms with Crippen molar-refractivity contribution in [2.45, 2.75) is 52.1 Å². The fourth-order valence-electron chi connectivity index (χ4n) is 1.98. The van der Waals surface area contributed by atoms with Gasteiger partial charge in [-0.25, -0.2) is 0 Å². The maximum atomic E-state index is 6.18. The summed E-state index contributed by atoms with van der Waals surface area (Å²) in [5, 5.41) is 0.665. The SMILES string of the molecule is CCCCCCCCOCc1ccc(C(N)=S)cc1Cl. The van der Waals surface area contributed by atoms with Crippen LogP contribution in [0.2, 0.25) is 5.02 Å². The maximum Gasteiger partial charge on any atom is 0.104 e. The molecular weight excluding hydrogens is 290 g/mol. The molecule has 20 heavy (non-hydrogen) atoms. The van der Waals surface area contributed by atoms with Crippen molar-refractivity contribution < 1.29 is 4.74 Å². The maximum absolute atomic E-state index is 6.18. The molecule has 0 aliphatic carbocycles. The molecule has 0 amide bonds. The zero-order valence-electron chi connectivity index (χ0n) is 12.2. The normalized spacial score (nSPS) is 10.7. The van der Waals surface area contributed by atoms with Crippen LogP contribution >= 0.6 is 23.8 Å². The van der Waals surface area contributed by atoms with Crippen molar-refractivity contribution >= 4 is 28.8 Å². The Bertz CT molecular complexity index is 423. The Hall–Kier alpha value is -0.640. The number of hydrogen-bond donors (Lipinski definition) is 1. The Morgan fingerprint density at radius 1 is 1.20 bits per heavy atom. The van der Waals surface area contributed by atoms with Gasteiger partial charge >= 0.3 is 0 Å². The van der Waals surface area contributed by atoms with Crippen LogP contribution in [0.4, 0.5) is 0 Å². The molecule has 0 saturated carbocycles. The van der Waals surface area contributed by atoms with Crippen LogP contribution in [0, 0.1) is 0 Å². The van der Waals surface area contributed by atoms with Crippen LogP contribution in [0.15, 0.2) is 18.2 Å². The van der Waals surface area contributed by atoms with Gasteiger partial charge < -0.3 is 10.5 Å². The van der Waals surface area contributed by atoms with Crippen LogP contribution in [0.25, 0.3) is 0 Å². The van der Waals surface area contributed by atoms with Gasteiger partial charge in [0, 0.05) is 17.2 Å². The molecule has 1 aromatic carbocycles. The van der Waals surface area contributed by atoms with Crippen LogP contribution in [0.5, 0.6) is 0 Å². The summed E-state index contributed by atoms with van der Waals surface area (Å²) in [5.74, 6) is 0. The monoisotopic (exact) mass is 313 g/mol. The van der Waals surface area contributed by atoms with Crippen molar-refractivity contribution in [3.05, 3.63) is 34.3 Å². The van der Waals surface area contributed by atoms with Crippen molar-refractivity contribution in [3.8, 4) is 0 Å². The molecule has 0 heterocycles. The first kappa shape index (κ1) is 17.4. The molecule has 4 heteroatoms. The summed E-state index contributed by atoms with van der Waals surface area (Å²) in [6.45, 7) is 3.57. The molecule has 0 atom stereocenters. The summed E-state index contributed by atoms with van der Waals surface area (Å²) in [6, 6.07) is 5.61. The molecule has 112 valence electrons. The number of nitrogens with two attached hydrogens (primary N) is 1. The van der Waals surface area contributed by atoms with E-state index in [9.17, 15) is 0 Å². The van der Waals surface area contributed by atoms with Gasteiger partial charge in [-0.1, -0.05) is 75.0 Å². The second-order valence-corrected chi connectivity index (χ2v) is 5.84. The lowest BCUT2D eigenvalue weighted by Crippen LogP contribution is -2.09. The van der Waals surface area contributed by atoms with Crippen LogP contribution < -0.4 is 5.73 Å². The molecule has 2 nitrogen and oxygen atoms in total. The molecular formula is C16H24ClNOS. The molecule has 1 aromatic rings. The minimum absolute atomic E-state index is 0.367. The summed E-state index contributed by atoms with van der Waals surface area (Å²) < 4.78 is 5.66. The molecule has 0 aliphatic heterocycles. The van der Waals surface area contributed by atoms with Gasteiger partial charge in [0.2, 0.25) is 0 Å². The number of benzene rings is 1. The number of thiocarbonyl (C=S) groups is 1. The highest BCUT2D eigenvalue weighted by Crippen LogP contribution is 2.19. The molecule has 0 fully saturated rings. The molecule has 0 saturated heterocycles. The lowest BCUT2D eigenvalue weighted by Gasteiger charge is -2.08. The zero-order chi connectivity index (χ0) is 14.8. The summed E-state index contributed by atoms with van der Waals surface area (Å²) in [5.41, 5.74) is 7.34. The van der Waals surface area contributed by atoms with Crippen molar-refractivity contribution in [3.63, 3.8) is 0 Å². The van der Waals surface area contributed by atoms with Crippen molar-refractivity contribution in [2.75, 3.05) is 6.61 Å². The highest BCUT2D eigenvalue weighted by atomic mass is 35.5. The lowest BCUT2D eigenvalue weighted by atomic mass is 10.1. The third-order valence-electron chi connectivity index (χ3n) is 3.24. The molecule has 0 aromatic heterocycles.